The molecule has 1 atom stereocenters. The maximum Gasteiger partial charge on any atom is 0.335 e. The lowest BCUT2D eigenvalue weighted by Gasteiger charge is -2.23. The third-order valence-electron chi connectivity index (χ3n) is 2.32. The Morgan fingerprint density at radius 2 is 2.13 bits per heavy atom. The number of esters is 1. The highest BCUT2D eigenvalue weighted by atomic mass is 32.2. The van der Waals surface area contributed by atoms with Gasteiger partial charge in [0.1, 0.15) is 5.60 Å². The molecule has 0 radical (unpaired) electrons. The lowest BCUT2D eigenvalue weighted by atomic mass is 9.91. The third-order valence-corrected chi connectivity index (χ3v) is 3.30. The summed E-state index contributed by atoms with van der Waals surface area (Å²) in [4.78, 5) is 11.9. The van der Waals surface area contributed by atoms with Crippen molar-refractivity contribution in [2.75, 3.05) is 5.75 Å². The van der Waals surface area contributed by atoms with Crippen LogP contribution < -0.4 is 0 Å². The summed E-state index contributed by atoms with van der Waals surface area (Å²) in [5, 5.41) is 1.96. The minimum Gasteiger partial charge on any atom is -0.457 e. The van der Waals surface area contributed by atoms with Gasteiger partial charge in [-0.05, 0) is 32.1 Å². The lowest BCUT2D eigenvalue weighted by Crippen LogP contribution is -2.27. The smallest absolute Gasteiger partial charge is 0.335 e. The molecule has 2 nitrogen and oxygen atoms in total. The van der Waals surface area contributed by atoms with Gasteiger partial charge >= 0.3 is 5.97 Å². The van der Waals surface area contributed by atoms with E-state index in [1.54, 1.807) is 11.8 Å². The summed E-state index contributed by atoms with van der Waals surface area (Å²) in [6.07, 6.45) is 0. The highest BCUT2D eigenvalue weighted by Crippen LogP contribution is 2.34. The quantitative estimate of drug-likeness (QED) is 0.679. The lowest BCUT2D eigenvalue weighted by molar-refractivity contribution is -0.150. The first-order chi connectivity index (χ1) is 6.81. The van der Waals surface area contributed by atoms with Crippen LogP contribution in [0.25, 0.3) is 0 Å². The van der Waals surface area contributed by atoms with Crippen LogP contribution in [0.5, 0.6) is 0 Å². The fraction of sp³-hybridized carbons (Fsp3) is 0.750. The summed E-state index contributed by atoms with van der Waals surface area (Å²) in [5.74, 6) is 1.71. The van der Waals surface area contributed by atoms with E-state index >= 15 is 0 Å². The average molecular weight is 228 g/mol. The van der Waals surface area contributed by atoms with Crippen LogP contribution in [0.1, 0.15) is 34.6 Å². The standard InChI is InChI=1S/C12H20O2S/c1-8(2)9-6-15-7-10(9)11(13)14-12(3,4)5/h7-9H,6H2,1-5H3. The Balaban J connectivity index is 2.68. The number of hydrogen-bond donors (Lipinski definition) is 0. The summed E-state index contributed by atoms with van der Waals surface area (Å²) < 4.78 is 5.38. The van der Waals surface area contributed by atoms with Crippen molar-refractivity contribution in [1.82, 2.24) is 0 Å². The molecule has 0 aromatic rings. The van der Waals surface area contributed by atoms with E-state index < -0.39 is 5.60 Å². The predicted molar refractivity (Wildman–Crippen MR) is 64.7 cm³/mol. The van der Waals surface area contributed by atoms with E-state index in [1.807, 2.05) is 26.2 Å². The number of rotatable bonds is 2. The van der Waals surface area contributed by atoms with Crippen LogP contribution in [0.4, 0.5) is 0 Å². The van der Waals surface area contributed by atoms with Gasteiger partial charge in [0.2, 0.25) is 0 Å². The van der Waals surface area contributed by atoms with Crippen LogP contribution >= 0.6 is 11.8 Å². The van der Waals surface area contributed by atoms with Crippen molar-refractivity contribution < 1.29 is 9.53 Å². The monoisotopic (exact) mass is 228 g/mol. The van der Waals surface area contributed by atoms with E-state index in [1.165, 1.54) is 0 Å². The van der Waals surface area contributed by atoms with E-state index in [4.69, 9.17) is 4.74 Å². The van der Waals surface area contributed by atoms with Crippen molar-refractivity contribution in [3.63, 3.8) is 0 Å². The number of thioether (sulfide) groups is 1. The molecular weight excluding hydrogens is 208 g/mol. The van der Waals surface area contributed by atoms with E-state index in [-0.39, 0.29) is 5.97 Å². The normalized spacial score (nSPS) is 21.7. The molecule has 86 valence electrons. The zero-order valence-electron chi connectivity index (χ0n) is 10.2. The van der Waals surface area contributed by atoms with Gasteiger partial charge in [0, 0.05) is 17.2 Å². The molecule has 3 heteroatoms. The second-order valence-electron chi connectivity index (χ2n) is 5.26. The van der Waals surface area contributed by atoms with Gasteiger partial charge in [-0.25, -0.2) is 4.79 Å². The van der Waals surface area contributed by atoms with Crippen LogP contribution in [0.2, 0.25) is 0 Å². The average Bonchev–Trinajstić information content (AvgIpc) is 2.47. The maximum atomic E-state index is 11.9. The second kappa shape index (κ2) is 4.60. The molecule has 0 bridgehead atoms. The molecule has 0 aromatic carbocycles. The fourth-order valence-electron chi connectivity index (χ4n) is 1.51. The van der Waals surface area contributed by atoms with Gasteiger partial charge in [-0.3, -0.25) is 0 Å². The van der Waals surface area contributed by atoms with Gasteiger partial charge in [0.05, 0.1) is 0 Å². The van der Waals surface area contributed by atoms with Gasteiger partial charge in [0.15, 0.2) is 0 Å². The van der Waals surface area contributed by atoms with Gasteiger partial charge in [0.25, 0.3) is 0 Å². The van der Waals surface area contributed by atoms with Crippen molar-refractivity contribution in [3.05, 3.63) is 11.0 Å². The summed E-state index contributed by atoms with van der Waals surface area (Å²) in [5.41, 5.74) is 0.456. The van der Waals surface area contributed by atoms with E-state index in [9.17, 15) is 4.79 Å². The molecule has 1 rings (SSSR count). The molecule has 0 fully saturated rings. The zero-order chi connectivity index (χ0) is 11.6. The summed E-state index contributed by atoms with van der Waals surface area (Å²) in [6.45, 7) is 10.00. The molecule has 1 heterocycles. The SMILES string of the molecule is CC(C)C1CSC=C1C(=O)OC(C)(C)C. The topological polar surface area (TPSA) is 26.3 Å². The summed E-state index contributed by atoms with van der Waals surface area (Å²) in [7, 11) is 0. The third kappa shape index (κ3) is 3.56. The fourth-order valence-corrected chi connectivity index (χ4v) is 2.83. The Morgan fingerprint density at radius 3 is 2.60 bits per heavy atom. The minimum absolute atomic E-state index is 0.147. The molecule has 0 saturated heterocycles. The summed E-state index contributed by atoms with van der Waals surface area (Å²) in [6, 6.07) is 0. The Morgan fingerprint density at radius 1 is 1.53 bits per heavy atom. The molecule has 0 aliphatic carbocycles. The molecule has 15 heavy (non-hydrogen) atoms. The van der Waals surface area contributed by atoms with Crippen LogP contribution in [-0.2, 0) is 9.53 Å². The zero-order valence-corrected chi connectivity index (χ0v) is 11.0. The highest BCUT2D eigenvalue weighted by Gasteiger charge is 2.31. The van der Waals surface area contributed by atoms with E-state index in [2.05, 4.69) is 13.8 Å². The molecule has 1 unspecified atom stereocenters. The van der Waals surface area contributed by atoms with Crippen LogP contribution in [0, 0.1) is 11.8 Å². The van der Waals surface area contributed by atoms with Gasteiger partial charge in [-0.2, -0.15) is 0 Å². The Labute approximate surface area is 96.5 Å². The number of ether oxygens (including phenoxy) is 1. The Kier molecular flexibility index (Phi) is 3.87. The van der Waals surface area contributed by atoms with Crippen LogP contribution in [-0.4, -0.2) is 17.3 Å². The van der Waals surface area contributed by atoms with Crippen LogP contribution in [0.3, 0.4) is 0 Å². The van der Waals surface area contributed by atoms with Gasteiger partial charge in [-0.15, -0.1) is 11.8 Å². The van der Waals surface area contributed by atoms with E-state index in [0.717, 1.165) is 11.3 Å². The van der Waals surface area contributed by atoms with Gasteiger partial charge < -0.3 is 4.74 Å². The minimum atomic E-state index is -0.396. The first-order valence-electron chi connectivity index (χ1n) is 5.36. The first-order valence-corrected chi connectivity index (χ1v) is 6.41. The number of hydrogen-bond acceptors (Lipinski definition) is 3. The number of carbonyl (C=O) groups excluding carboxylic acids is 1. The molecule has 1 aliphatic heterocycles. The molecular formula is C12H20O2S. The molecule has 1 aliphatic rings. The van der Waals surface area contributed by atoms with Crippen LogP contribution in [0.15, 0.2) is 11.0 Å². The van der Waals surface area contributed by atoms with Crippen molar-refractivity contribution in [1.29, 1.82) is 0 Å². The predicted octanol–water partition coefficient (Wildman–Crippen LogP) is 3.23. The number of carbonyl (C=O) groups is 1. The van der Waals surface area contributed by atoms with Crippen molar-refractivity contribution in [2.45, 2.75) is 40.2 Å². The molecule has 0 saturated carbocycles. The van der Waals surface area contributed by atoms with Crippen molar-refractivity contribution >= 4 is 17.7 Å². The Bertz CT molecular complexity index is 274. The van der Waals surface area contributed by atoms with Crippen molar-refractivity contribution in [3.8, 4) is 0 Å². The second-order valence-corrected chi connectivity index (χ2v) is 6.16. The van der Waals surface area contributed by atoms with Crippen molar-refractivity contribution in [2.24, 2.45) is 11.8 Å². The van der Waals surface area contributed by atoms with E-state index in [0.29, 0.717) is 11.8 Å². The highest BCUT2D eigenvalue weighted by molar-refractivity contribution is 8.02. The van der Waals surface area contributed by atoms with Gasteiger partial charge in [-0.1, -0.05) is 13.8 Å². The summed E-state index contributed by atoms with van der Waals surface area (Å²) >= 11 is 1.71. The Hall–Kier alpha value is -0.440. The molecule has 0 N–H and O–H groups in total. The largest absolute Gasteiger partial charge is 0.457 e. The molecule has 0 amide bonds. The molecule has 0 aromatic heterocycles. The molecule has 0 spiro atoms. The first kappa shape index (κ1) is 12.6. The maximum absolute atomic E-state index is 11.9.